The van der Waals surface area contributed by atoms with Crippen molar-refractivity contribution in [3.05, 3.63) is 34.3 Å². The predicted molar refractivity (Wildman–Crippen MR) is 56.9 cm³/mol. The highest BCUT2D eigenvalue weighted by molar-refractivity contribution is 9.10. The number of benzene rings is 1. The van der Waals surface area contributed by atoms with Crippen LogP contribution in [-0.4, -0.2) is 0 Å². The van der Waals surface area contributed by atoms with Gasteiger partial charge in [-0.2, -0.15) is 0 Å². The maximum Gasteiger partial charge on any atom is 0.0488 e. The molecule has 2 rings (SSSR count). The first kappa shape index (κ1) is 9.19. The maximum absolute atomic E-state index is 5.52. The van der Waals surface area contributed by atoms with Gasteiger partial charge in [-0.15, -0.1) is 0 Å². The second-order valence-electron chi connectivity index (χ2n) is 3.53. The van der Waals surface area contributed by atoms with Gasteiger partial charge >= 0.3 is 0 Å². The minimum Gasteiger partial charge on any atom is -0.271 e. The van der Waals surface area contributed by atoms with E-state index in [0.717, 1.165) is 10.4 Å². The number of nitrogens with one attached hydrogen (secondary N) is 1. The molecule has 0 radical (unpaired) electrons. The average Bonchev–Trinajstić information content (AvgIpc) is 2.93. The van der Waals surface area contributed by atoms with Crippen LogP contribution in [0.3, 0.4) is 0 Å². The second kappa shape index (κ2) is 3.78. The zero-order valence-electron chi connectivity index (χ0n) is 7.33. The van der Waals surface area contributed by atoms with E-state index >= 15 is 0 Å². The van der Waals surface area contributed by atoms with Gasteiger partial charge in [-0.05, 0) is 36.5 Å². The van der Waals surface area contributed by atoms with Gasteiger partial charge in [0.2, 0.25) is 0 Å². The van der Waals surface area contributed by atoms with Crippen LogP contribution in [0.15, 0.2) is 28.7 Å². The van der Waals surface area contributed by atoms with E-state index in [1.807, 2.05) is 0 Å². The quantitative estimate of drug-likeness (QED) is 0.629. The molecule has 1 atom stereocenters. The Labute approximate surface area is 86.6 Å². The molecule has 0 bridgehead atoms. The molecule has 0 aromatic heterocycles. The molecule has 0 spiro atoms. The molecule has 0 saturated heterocycles. The van der Waals surface area contributed by atoms with Crippen LogP contribution in [-0.2, 0) is 0 Å². The van der Waals surface area contributed by atoms with Crippen molar-refractivity contribution >= 4 is 15.9 Å². The fourth-order valence-corrected chi connectivity index (χ4v) is 1.87. The first-order valence-electron chi connectivity index (χ1n) is 4.53. The molecule has 0 unspecified atom stereocenters. The summed E-state index contributed by atoms with van der Waals surface area (Å²) < 4.78 is 1.11. The fourth-order valence-electron chi connectivity index (χ4n) is 1.60. The van der Waals surface area contributed by atoms with Crippen molar-refractivity contribution in [2.24, 2.45) is 11.8 Å². The molecule has 70 valence electrons. The summed E-state index contributed by atoms with van der Waals surface area (Å²) in [7, 11) is 0. The lowest BCUT2D eigenvalue weighted by atomic mass is 10.0. The molecule has 0 aliphatic heterocycles. The van der Waals surface area contributed by atoms with Gasteiger partial charge in [0.25, 0.3) is 0 Å². The van der Waals surface area contributed by atoms with Crippen LogP contribution in [0.4, 0.5) is 0 Å². The summed E-state index contributed by atoms with van der Waals surface area (Å²) in [6.07, 6.45) is 2.59. The standard InChI is InChI=1S/C10H13BrN2/c11-9-5-3-8(4-6-9)10(13-12)7-1-2-7/h3-7,10,13H,1-2,12H2/t10-/m0/s1. The van der Waals surface area contributed by atoms with Gasteiger partial charge in [0.05, 0.1) is 0 Å². The number of halogens is 1. The van der Waals surface area contributed by atoms with Gasteiger partial charge in [0.15, 0.2) is 0 Å². The van der Waals surface area contributed by atoms with E-state index in [9.17, 15) is 0 Å². The molecule has 0 heterocycles. The third-order valence-corrected chi connectivity index (χ3v) is 3.03. The summed E-state index contributed by atoms with van der Waals surface area (Å²) in [5, 5.41) is 0. The monoisotopic (exact) mass is 240 g/mol. The van der Waals surface area contributed by atoms with E-state index in [-0.39, 0.29) is 0 Å². The molecular weight excluding hydrogens is 228 g/mol. The van der Waals surface area contributed by atoms with E-state index in [1.54, 1.807) is 0 Å². The number of hydrazine groups is 1. The highest BCUT2D eigenvalue weighted by Crippen LogP contribution is 2.40. The molecule has 0 amide bonds. The minimum absolute atomic E-state index is 0.341. The molecule has 1 aliphatic carbocycles. The molecule has 3 heteroatoms. The van der Waals surface area contributed by atoms with Gasteiger partial charge in [-0.1, -0.05) is 28.1 Å². The summed E-state index contributed by atoms with van der Waals surface area (Å²) in [5.41, 5.74) is 4.17. The largest absolute Gasteiger partial charge is 0.271 e. The van der Waals surface area contributed by atoms with Crippen molar-refractivity contribution in [2.75, 3.05) is 0 Å². The summed E-state index contributed by atoms with van der Waals surface area (Å²) >= 11 is 3.42. The van der Waals surface area contributed by atoms with Crippen LogP contribution in [0.1, 0.15) is 24.4 Å². The lowest BCUT2D eigenvalue weighted by molar-refractivity contribution is 0.496. The lowest BCUT2D eigenvalue weighted by Crippen LogP contribution is -2.29. The Kier molecular flexibility index (Phi) is 2.67. The highest BCUT2D eigenvalue weighted by Gasteiger charge is 2.31. The molecular formula is C10H13BrN2. The van der Waals surface area contributed by atoms with Gasteiger partial charge in [0, 0.05) is 10.5 Å². The number of hydrogen-bond acceptors (Lipinski definition) is 2. The van der Waals surface area contributed by atoms with Crippen LogP contribution in [0.2, 0.25) is 0 Å². The Hall–Kier alpha value is -0.380. The third kappa shape index (κ3) is 2.10. The van der Waals surface area contributed by atoms with E-state index in [2.05, 4.69) is 45.6 Å². The van der Waals surface area contributed by atoms with E-state index in [4.69, 9.17) is 5.84 Å². The number of rotatable bonds is 3. The number of nitrogens with two attached hydrogens (primary N) is 1. The van der Waals surface area contributed by atoms with Crippen LogP contribution >= 0.6 is 15.9 Å². The summed E-state index contributed by atoms with van der Waals surface area (Å²) in [6.45, 7) is 0. The lowest BCUT2D eigenvalue weighted by Gasteiger charge is -2.15. The highest BCUT2D eigenvalue weighted by atomic mass is 79.9. The molecule has 1 aromatic carbocycles. The Morgan fingerprint density at radius 1 is 1.31 bits per heavy atom. The van der Waals surface area contributed by atoms with E-state index < -0.39 is 0 Å². The van der Waals surface area contributed by atoms with Crippen LogP contribution in [0, 0.1) is 5.92 Å². The zero-order chi connectivity index (χ0) is 9.26. The predicted octanol–water partition coefficient (Wildman–Crippen LogP) is 2.36. The Balaban J connectivity index is 2.17. The minimum atomic E-state index is 0.341. The van der Waals surface area contributed by atoms with Crippen molar-refractivity contribution in [3.8, 4) is 0 Å². The molecule has 1 aliphatic rings. The molecule has 13 heavy (non-hydrogen) atoms. The van der Waals surface area contributed by atoms with Gasteiger partial charge in [0.1, 0.15) is 0 Å². The van der Waals surface area contributed by atoms with Gasteiger partial charge in [-0.3, -0.25) is 11.3 Å². The zero-order valence-corrected chi connectivity index (χ0v) is 8.92. The van der Waals surface area contributed by atoms with E-state index in [0.29, 0.717) is 6.04 Å². The molecule has 1 aromatic rings. The van der Waals surface area contributed by atoms with Gasteiger partial charge < -0.3 is 0 Å². The van der Waals surface area contributed by atoms with Crippen molar-refractivity contribution in [1.29, 1.82) is 0 Å². The third-order valence-electron chi connectivity index (χ3n) is 2.50. The SMILES string of the molecule is NN[C@H](c1ccc(Br)cc1)C1CC1. The maximum atomic E-state index is 5.52. The fraction of sp³-hybridized carbons (Fsp3) is 0.400. The molecule has 1 fully saturated rings. The summed E-state index contributed by atoms with van der Waals surface area (Å²) in [6, 6.07) is 8.69. The Morgan fingerprint density at radius 2 is 1.92 bits per heavy atom. The molecule has 2 nitrogen and oxygen atoms in total. The second-order valence-corrected chi connectivity index (χ2v) is 4.45. The van der Waals surface area contributed by atoms with Crippen molar-refractivity contribution in [1.82, 2.24) is 5.43 Å². The topological polar surface area (TPSA) is 38.0 Å². The van der Waals surface area contributed by atoms with Crippen LogP contribution < -0.4 is 11.3 Å². The Morgan fingerprint density at radius 3 is 2.38 bits per heavy atom. The first-order chi connectivity index (χ1) is 6.31. The van der Waals surface area contributed by atoms with Crippen LogP contribution in [0.5, 0.6) is 0 Å². The first-order valence-corrected chi connectivity index (χ1v) is 5.32. The molecule has 3 N–H and O–H groups in total. The van der Waals surface area contributed by atoms with Crippen molar-refractivity contribution in [3.63, 3.8) is 0 Å². The Bertz CT molecular complexity index is 279. The normalized spacial score (nSPS) is 18.6. The van der Waals surface area contributed by atoms with Crippen molar-refractivity contribution < 1.29 is 0 Å². The smallest absolute Gasteiger partial charge is 0.0488 e. The molecule has 1 saturated carbocycles. The van der Waals surface area contributed by atoms with E-state index in [1.165, 1.54) is 18.4 Å². The summed E-state index contributed by atoms with van der Waals surface area (Å²) in [5.74, 6) is 6.26. The van der Waals surface area contributed by atoms with Crippen molar-refractivity contribution in [2.45, 2.75) is 18.9 Å². The number of hydrogen-bond donors (Lipinski definition) is 2. The summed E-state index contributed by atoms with van der Waals surface area (Å²) in [4.78, 5) is 0. The van der Waals surface area contributed by atoms with Gasteiger partial charge in [-0.25, -0.2) is 0 Å². The van der Waals surface area contributed by atoms with Crippen LogP contribution in [0.25, 0.3) is 0 Å². The average molecular weight is 241 g/mol.